The van der Waals surface area contributed by atoms with E-state index in [1.54, 1.807) is 13.2 Å². The number of ketones is 1. The van der Waals surface area contributed by atoms with Crippen molar-refractivity contribution in [2.45, 2.75) is 51.4 Å². The van der Waals surface area contributed by atoms with Crippen LogP contribution in [0.5, 0.6) is 0 Å². The molecule has 2 fully saturated rings. The first kappa shape index (κ1) is 13.1. The van der Waals surface area contributed by atoms with Crippen molar-refractivity contribution in [3.05, 3.63) is 23.3 Å². The first-order valence-corrected chi connectivity index (χ1v) is 7.00. The third-order valence-electron chi connectivity index (χ3n) is 5.30. The summed E-state index contributed by atoms with van der Waals surface area (Å²) in [4.78, 5) is 11.9. The van der Waals surface area contributed by atoms with Crippen molar-refractivity contribution in [1.82, 2.24) is 0 Å². The Balaban J connectivity index is 2.12. The number of carbonyl (C=O) groups excluding carboxylic acids is 1. The monoisotopic (exact) mass is 262 g/mol. The Morgan fingerprint density at radius 3 is 2.79 bits per heavy atom. The van der Waals surface area contributed by atoms with Crippen molar-refractivity contribution in [3.63, 3.8) is 0 Å². The highest BCUT2D eigenvalue weighted by atomic mass is 16.5. The molecule has 0 N–H and O–H groups in total. The predicted octanol–water partition coefficient (Wildman–Crippen LogP) is 2.66. The van der Waals surface area contributed by atoms with Gasteiger partial charge in [-0.15, -0.1) is 0 Å². The van der Waals surface area contributed by atoms with Gasteiger partial charge in [0.25, 0.3) is 0 Å². The van der Waals surface area contributed by atoms with E-state index in [1.807, 2.05) is 13.0 Å². The summed E-state index contributed by atoms with van der Waals surface area (Å²) in [6.07, 6.45) is 5.05. The molecule has 3 nitrogen and oxygen atoms in total. The van der Waals surface area contributed by atoms with Crippen LogP contribution in [0.25, 0.3) is 0 Å². The van der Waals surface area contributed by atoms with Gasteiger partial charge in [-0.2, -0.15) is 0 Å². The molecular weight excluding hydrogens is 240 g/mol. The summed E-state index contributed by atoms with van der Waals surface area (Å²) < 4.78 is 12.0. The largest absolute Gasteiger partial charge is 0.378 e. The molecule has 0 unspecified atom stereocenters. The van der Waals surface area contributed by atoms with Crippen molar-refractivity contribution in [3.8, 4) is 0 Å². The van der Waals surface area contributed by atoms with Crippen molar-refractivity contribution in [2.24, 2.45) is 11.8 Å². The quantitative estimate of drug-likeness (QED) is 0.767. The van der Waals surface area contributed by atoms with E-state index in [1.165, 1.54) is 0 Å². The minimum absolute atomic E-state index is 0.123. The summed E-state index contributed by atoms with van der Waals surface area (Å²) in [5, 5.41) is 0. The van der Waals surface area contributed by atoms with Crippen LogP contribution in [0.15, 0.2) is 23.3 Å². The Labute approximate surface area is 114 Å². The van der Waals surface area contributed by atoms with Gasteiger partial charge >= 0.3 is 0 Å². The maximum Gasteiger partial charge on any atom is 0.181 e. The van der Waals surface area contributed by atoms with Crippen LogP contribution in [0.2, 0.25) is 0 Å². The maximum absolute atomic E-state index is 11.9. The maximum atomic E-state index is 11.9. The van der Waals surface area contributed by atoms with E-state index in [-0.39, 0.29) is 23.4 Å². The van der Waals surface area contributed by atoms with Crippen molar-refractivity contribution >= 4 is 5.78 Å². The summed E-state index contributed by atoms with van der Waals surface area (Å²) >= 11 is 0. The molecule has 2 heterocycles. The third-order valence-corrected chi connectivity index (χ3v) is 5.30. The molecule has 104 valence electrons. The van der Waals surface area contributed by atoms with E-state index in [9.17, 15) is 4.79 Å². The first-order chi connectivity index (χ1) is 8.82. The molecule has 1 spiro atoms. The van der Waals surface area contributed by atoms with E-state index in [4.69, 9.17) is 9.47 Å². The Bertz CT molecular complexity index is 500. The normalized spacial score (nSPS) is 41.1. The van der Waals surface area contributed by atoms with Crippen LogP contribution in [-0.4, -0.2) is 30.2 Å². The van der Waals surface area contributed by atoms with E-state index in [0.29, 0.717) is 5.92 Å². The first-order valence-electron chi connectivity index (χ1n) is 7.00. The van der Waals surface area contributed by atoms with Gasteiger partial charge in [0, 0.05) is 18.9 Å². The van der Waals surface area contributed by atoms with Crippen LogP contribution < -0.4 is 0 Å². The summed E-state index contributed by atoms with van der Waals surface area (Å²) in [5.74, 6) is 0.718. The number of methoxy groups -OCH3 is 1. The SMILES string of the molecule is COC(C)(C)[C@H]1C[C@H]2O[C@@]13C=C(C)C(=O)C=C3[C@@H]2C. The lowest BCUT2D eigenvalue weighted by Gasteiger charge is -2.44. The standard InChI is InChI=1S/C16H22O3/c1-9-8-16-11(6-12(9)17)10(2)13(19-16)7-14(16)15(3,4)18-5/h6,8,10,13-14H,7H2,1-5H3/t10-,13+,14+,16+/m0/s1. The minimum atomic E-state index is -0.415. The Hall–Kier alpha value is -0.930. The predicted molar refractivity (Wildman–Crippen MR) is 72.8 cm³/mol. The average Bonchev–Trinajstić information content (AvgIpc) is 2.84. The minimum Gasteiger partial charge on any atom is -0.378 e. The number of rotatable bonds is 2. The lowest BCUT2D eigenvalue weighted by Crippen LogP contribution is -2.50. The molecule has 2 bridgehead atoms. The van der Waals surface area contributed by atoms with Gasteiger partial charge in [-0.05, 0) is 50.5 Å². The van der Waals surface area contributed by atoms with E-state index < -0.39 is 5.60 Å². The molecular formula is C16H22O3. The molecule has 0 aromatic rings. The molecule has 1 aliphatic carbocycles. The molecule has 19 heavy (non-hydrogen) atoms. The van der Waals surface area contributed by atoms with Crippen molar-refractivity contribution in [2.75, 3.05) is 7.11 Å². The lowest BCUT2D eigenvalue weighted by molar-refractivity contribution is -0.112. The summed E-state index contributed by atoms with van der Waals surface area (Å²) in [5.41, 5.74) is 1.26. The molecule has 2 aliphatic heterocycles. The summed E-state index contributed by atoms with van der Waals surface area (Å²) in [6.45, 7) is 8.26. The van der Waals surface area contributed by atoms with Crippen LogP contribution >= 0.6 is 0 Å². The molecule has 4 atom stereocenters. The molecule has 3 aliphatic rings. The van der Waals surface area contributed by atoms with Crippen LogP contribution in [0.1, 0.15) is 34.1 Å². The second kappa shape index (κ2) is 3.80. The van der Waals surface area contributed by atoms with Crippen molar-refractivity contribution < 1.29 is 14.3 Å². The fourth-order valence-corrected chi connectivity index (χ4v) is 3.97. The number of fused-ring (bicyclic) bond motifs is 1. The highest BCUT2D eigenvalue weighted by Gasteiger charge is 2.63. The third kappa shape index (κ3) is 1.55. The van der Waals surface area contributed by atoms with Crippen molar-refractivity contribution in [1.29, 1.82) is 0 Å². The van der Waals surface area contributed by atoms with Crippen LogP contribution in [-0.2, 0) is 14.3 Å². The van der Waals surface area contributed by atoms with Gasteiger partial charge < -0.3 is 9.47 Å². The topological polar surface area (TPSA) is 35.5 Å². The fourth-order valence-electron chi connectivity index (χ4n) is 3.97. The Kier molecular flexibility index (Phi) is 2.61. The van der Waals surface area contributed by atoms with Gasteiger partial charge in [0.05, 0.1) is 11.7 Å². The van der Waals surface area contributed by atoms with Gasteiger partial charge in [0.15, 0.2) is 5.78 Å². The zero-order chi connectivity index (χ0) is 14.0. The van der Waals surface area contributed by atoms with Crippen LogP contribution in [0.4, 0.5) is 0 Å². The second-order valence-electron chi connectivity index (χ2n) is 6.63. The van der Waals surface area contributed by atoms with Crippen LogP contribution in [0.3, 0.4) is 0 Å². The number of allylic oxidation sites excluding steroid dienone is 2. The fraction of sp³-hybridized carbons (Fsp3) is 0.688. The molecule has 2 saturated heterocycles. The molecule has 3 rings (SSSR count). The van der Waals surface area contributed by atoms with E-state index >= 15 is 0 Å². The smallest absolute Gasteiger partial charge is 0.181 e. The molecule has 0 aromatic heterocycles. The molecule has 3 heteroatoms. The molecule has 0 aromatic carbocycles. The van der Waals surface area contributed by atoms with E-state index in [0.717, 1.165) is 17.6 Å². The average molecular weight is 262 g/mol. The highest BCUT2D eigenvalue weighted by molar-refractivity contribution is 6.05. The summed E-state index contributed by atoms with van der Waals surface area (Å²) in [7, 11) is 1.75. The van der Waals surface area contributed by atoms with Gasteiger partial charge in [-0.1, -0.05) is 6.92 Å². The Morgan fingerprint density at radius 2 is 2.16 bits per heavy atom. The number of carbonyl (C=O) groups is 1. The molecule has 0 amide bonds. The second-order valence-corrected chi connectivity index (χ2v) is 6.63. The summed E-state index contributed by atoms with van der Waals surface area (Å²) in [6, 6.07) is 0. The van der Waals surface area contributed by atoms with Crippen LogP contribution in [0, 0.1) is 11.8 Å². The lowest BCUT2D eigenvalue weighted by atomic mass is 9.63. The molecule has 0 radical (unpaired) electrons. The van der Waals surface area contributed by atoms with Gasteiger partial charge in [-0.25, -0.2) is 0 Å². The number of ether oxygens (including phenoxy) is 2. The molecule has 0 saturated carbocycles. The highest BCUT2D eigenvalue weighted by Crippen LogP contribution is 2.59. The van der Waals surface area contributed by atoms with Gasteiger partial charge in [-0.3, -0.25) is 4.79 Å². The number of hydrogen-bond donors (Lipinski definition) is 0. The van der Waals surface area contributed by atoms with Gasteiger partial charge in [0.2, 0.25) is 0 Å². The Morgan fingerprint density at radius 1 is 1.47 bits per heavy atom. The zero-order valence-corrected chi connectivity index (χ0v) is 12.3. The van der Waals surface area contributed by atoms with E-state index in [2.05, 4.69) is 20.8 Å². The number of hydrogen-bond acceptors (Lipinski definition) is 3. The zero-order valence-electron chi connectivity index (χ0n) is 12.3. The van der Waals surface area contributed by atoms with Gasteiger partial charge in [0.1, 0.15) is 5.60 Å².